The highest BCUT2D eigenvalue weighted by Crippen LogP contribution is 2.06. The Morgan fingerprint density at radius 3 is 2.40 bits per heavy atom. The van der Waals surface area contributed by atoms with Crippen LogP contribution in [0.3, 0.4) is 0 Å². The molecule has 0 bridgehead atoms. The lowest BCUT2D eigenvalue weighted by Gasteiger charge is -2.07. The van der Waals surface area contributed by atoms with E-state index in [0.29, 0.717) is 0 Å². The number of aliphatic hydroxyl groups excluding tert-OH is 1. The molecule has 0 amide bonds. The van der Waals surface area contributed by atoms with E-state index >= 15 is 0 Å². The van der Waals surface area contributed by atoms with Crippen LogP contribution in [0.2, 0.25) is 0 Å². The van der Waals surface area contributed by atoms with Crippen molar-refractivity contribution in [3.63, 3.8) is 0 Å². The maximum absolute atomic E-state index is 9.65. The van der Waals surface area contributed by atoms with Crippen LogP contribution in [0, 0.1) is 0 Å². The van der Waals surface area contributed by atoms with Crippen LogP contribution in [0.1, 0.15) is 39.0 Å². The first kappa shape index (κ1) is 12.2. The van der Waals surface area contributed by atoms with Crippen LogP contribution in [-0.4, -0.2) is 11.2 Å². The van der Waals surface area contributed by atoms with Gasteiger partial charge in [0, 0.05) is 18.6 Å². The lowest BCUT2D eigenvalue weighted by atomic mass is 10.1. The molecule has 15 heavy (non-hydrogen) atoms. The van der Waals surface area contributed by atoms with Gasteiger partial charge in [-0.2, -0.15) is 0 Å². The van der Waals surface area contributed by atoms with Crippen molar-refractivity contribution < 1.29 is 9.67 Å². The Kier molecular flexibility index (Phi) is 6.02. The van der Waals surface area contributed by atoms with Crippen LogP contribution in [0.15, 0.2) is 30.6 Å². The molecule has 1 rings (SSSR count). The van der Waals surface area contributed by atoms with Crippen molar-refractivity contribution in [2.45, 2.75) is 51.7 Å². The zero-order chi connectivity index (χ0) is 10.9. The van der Waals surface area contributed by atoms with Crippen LogP contribution in [0.5, 0.6) is 0 Å². The van der Waals surface area contributed by atoms with Gasteiger partial charge in [0.25, 0.3) is 0 Å². The third kappa shape index (κ3) is 5.53. The highest BCUT2D eigenvalue weighted by Gasteiger charge is 2.05. The SMILES string of the molecule is CCCCC(O)CCC[n+]1ccccc1. The highest BCUT2D eigenvalue weighted by molar-refractivity contribution is 4.83. The molecule has 1 N–H and O–H groups in total. The highest BCUT2D eigenvalue weighted by atomic mass is 16.3. The van der Waals surface area contributed by atoms with E-state index in [1.165, 1.54) is 6.42 Å². The molecular formula is C13H22NO+. The summed E-state index contributed by atoms with van der Waals surface area (Å²) in [5.41, 5.74) is 0. The quantitative estimate of drug-likeness (QED) is 0.683. The number of hydrogen-bond acceptors (Lipinski definition) is 1. The maximum Gasteiger partial charge on any atom is 0.168 e. The summed E-state index contributed by atoms with van der Waals surface area (Å²) in [6.07, 6.45) is 9.27. The molecule has 0 aliphatic carbocycles. The van der Waals surface area contributed by atoms with Gasteiger partial charge in [-0.15, -0.1) is 0 Å². The number of aromatic nitrogens is 1. The number of unbranched alkanes of at least 4 members (excludes halogenated alkanes) is 1. The van der Waals surface area contributed by atoms with Crippen LogP contribution in [0.4, 0.5) is 0 Å². The molecular weight excluding hydrogens is 186 g/mol. The van der Waals surface area contributed by atoms with Crippen LogP contribution in [-0.2, 0) is 6.54 Å². The average molecular weight is 208 g/mol. The van der Waals surface area contributed by atoms with Crippen molar-refractivity contribution in [1.29, 1.82) is 0 Å². The summed E-state index contributed by atoms with van der Waals surface area (Å²) in [6, 6.07) is 6.09. The van der Waals surface area contributed by atoms with E-state index in [0.717, 1.165) is 32.2 Å². The molecule has 1 unspecified atom stereocenters. The lowest BCUT2D eigenvalue weighted by Crippen LogP contribution is -2.32. The first-order valence-corrected chi connectivity index (χ1v) is 5.95. The Labute approximate surface area is 92.6 Å². The second-order valence-corrected chi connectivity index (χ2v) is 4.05. The molecule has 0 aliphatic rings. The largest absolute Gasteiger partial charge is 0.393 e. The molecule has 2 heteroatoms. The average Bonchev–Trinajstić information content (AvgIpc) is 2.28. The molecule has 0 spiro atoms. The summed E-state index contributed by atoms with van der Waals surface area (Å²) >= 11 is 0. The van der Waals surface area contributed by atoms with E-state index in [2.05, 4.69) is 23.9 Å². The summed E-state index contributed by atoms with van der Waals surface area (Å²) < 4.78 is 2.16. The van der Waals surface area contributed by atoms with Gasteiger partial charge >= 0.3 is 0 Å². The van der Waals surface area contributed by atoms with E-state index in [4.69, 9.17) is 0 Å². The Morgan fingerprint density at radius 2 is 1.73 bits per heavy atom. The van der Waals surface area contributed by atoms with Crippen molar-refractivity contribution in [3.8, 4) is 0 Å². The number of nitrogens with zero attached hydrogens (tertiary/aromatic N) is 1. The van der Waals surface area contributed by atoms with Crippen LogP contribution >= 0.6 is 0 Å². The monoisotopic (exact) mass is 208 g/mol. The number of hydrogen-bond donors (Lipinski definition) is 1. The zero-order valence-electron chi connectivity index (χ0n) is 9.60. The van der Waals surface area contributed by atoms with Gasteiger partial charge in [0.05, 0.1) is 6.10 Å². The molecule has 1 atom stereocenters. The predicted octanol–water partition coefficient (Wildman–Crippen LogP) is 2.31. The van der Waals surface area contributed by atoms with Gasteiger partial charge < -0.3 is 5.11 Å². The van der Waals surface area contributed by atoms with E-state index in [1.54, 1.807) is 0 Å². The maximum atomic E-state index is 9.65. The third-order valence-electron chi connectivity index (χ3n) is 2.62. The molecule has 0 saturated carbocycles. The van der Waals surface area contributed by atoms with Crippen molar-refractivity contribution in [1.82, 2.24) is 0 Å². The number of aliphatic hydroxyl groups is 1. The van der Waals surface area contributed by atoms with Gasteiger partial charge in [0.15, 0.2) is 12.4 Å². The van der Waals surface area contributed by atoms with Crippen molar-refractivity contribution in [3.05, 3.63) is 30.6 Å². The van der Waals surface area contributed by atoms with Gasteiger partial charge in [-0.3, -0.25) is 0 Å². The van der Waals surface area contributed by atoms with Gasteiger partial charge in [-0.25, -0.2) is 4.57 Å². The smallest absolute Gasteiger partial charge is 0.168 e. The Balaban J connectivity index is 2.11. The topological polar surface area (TPSA) is 24.1 Å². The minimum atomic E-state index is -0.103. The fourth-order valence-electron chi connectivity index (χ4n) is 1.68. The fourth-order valence-corrected chi connectivity index (χ4v) is 1.68. The normalized spacial score (nSPS) is 12.7. The summed E-state index contributed by atoms with van der Waals surface area (Å²) in [7, 11) is 0. The number of aryl methyl sites for hydroxylation is 1. The first-order chi connectivity index (χ1) is 7.33. The molecule has 0 saturated heterocycles. The molecule has 0 aliphatic heterocycles. The minimum absolute atomic E-state index is 0.103. The molecule has 1 aromatic rings. The van der Waals surface area contributed by atoms with E-state index in [1.807, 2.05) is 18.2 Å². The molecule has 1 aromatic heterocycles. The van der Waals surface area contributed by atoms with Gasteiger partial charge in [-0.05, 0) is 12.8 Å². The number of rotatable bonds is 7. The lowest BCUT2D eigenvalue weighted by molar-refractivity contribution is -0.697. The molecule has 0 radical (unpaired) electrons. The van der Waals surface area contributed by atoms with E-state index < -0.39 is 0 Å². The minimum Gasteiger partial charge on any atom is -0.393 e. The Bertz CT molecular complexity index is 248. The Hall–Kier alpha value is -0.890. The summed E-state index contributed by atoms with van der Waals surface area (Å²) in [5.74, 6) is 0. The second-order valence-electron chi connectivity index (χ2n) is 4.05. The summed E-state index contributed by atoms with van der Waals surface area (Å²) in [4.78, 5) is 0. The van der Waals surface area contributed by atoms with Crippen molar-refractivity contribution in [2.24, 2.45) is 0 Å². The number of pyridine rings is 1. The van der Waals surface area contributed by atoms with Crippen molar-refractivity contribution >= 4 is 0 Å². The van der Waals surface area contributed by atoms with E-state index in [9.17, 15) is 5.11 Å². The fraction of sp³-hybridized carbons (Fsp3) is 0.615. The van der Waals surface area contributed by atoms with Gasteiger partial charge in [-0.1, -0.05) is 25.8 Å². The van der Waals surface area contributed by atoms with Crippen LogP contribution in [0.25, 0.3) is 0 Å². The standard InChI is InChI=1S/C13H22NO/c1-2-3-8-13(15)9-7-12-14-10-5-4-6-11-14/h4-6,10-11,13,15H,2-3,7-9,12H2,1H3/q+1. The van der Waals surface area contributed by atoms with Crippen LogP contribution < -0.4 is 4.57 Å². The third-order valence-corrected chi connectivity index (χ3v) is 2.62. The zero-order valence-corrected chi connectivity index (χ0v) is 9.60. The van der Waals surface area contributed by atoms with Gasteiger partial charge in [0.2, 0.25) is 0 Å². The Morgan fingerprint density at radius 1 is 1.07 bits per heavy atom. The second kappa shape index (κ2) is 7.41. The predicted molar refractivity (Wildman–Crippen MR) is 61.4 cm³/mol. The van der Waals surface area contributed by atoms with E-state index in [-0.39, 0.29) is 6.10 Å². The molecule has 2 nitrogen and oxygen atoms in total. The van der Waals surface area contributed by atoms with Gasteiger partial charge in [0.1, 0.15) is 6.54 Å². The van der Waals surface area contributed by atoms with Crippen molar-refractivity contribution in [2.75, 3.05) is 0 Å². The molecule has 1 heterocycles. The summed E-state index contributed by atoms with van der Waals surface area (Å²) in [5, 5.41) is 9.65. The molecule has 84 valence electrons. The summed E-state index contributed by atoms with van der Waals surface area (Å²) in [6.45, 7) is 3.16. The molecule has 0 fully saturated rings. The first-order valence-electron chi connectivity index (χ1n) is 5.95. The molecule has 0 aromatic carbocycles.